The van der Waals surface area contributed by atoms with Crippen LogP contribution in [0, 0.1) is 0 Å². The Hall–Kier alpha value is -3.78. The van der Waals surface area contributed by atoms with Crippen molar-refractivity contribution in [1.82, 2.24) is 15.0 Å². The van der Waals surface area contributed by atoms with Crippen molar-refractivity contribution in [2.45, 2.75) is 6.42 Å². The fraction of sp³-hybridized carbons (Fsp3) is 0.0476. The summed E-state index contributed by atoms with van der Waals surface area (Å²) in [4.78, 5) is 35.7. The number of carbonyl (C=O) groups excluding carboxylic acids is 1. The van der Waals surface area contributed by atoms with Crippen LogP contribution in [0.15, 0.2) is 60.4 Å². The average Bonchev–Trinajstić information content (AvgIpc) is 3.37. The number of anilines is 1. The second-order valence-corrected chi connectivity index (χ2v) is 7.19. The van der Waals surface area contributed by atoms with Gasteiger partial charge < -0.3 is 15.4 Å². The monoisotopic (exact) mass is 404 g/mol. The predicted molar refractivity (Wildman–Crippen MR) is 112 cm³/mol. The van der Waals surface area contributed by atoms with Crippen molar-refractivity contribution in [3.05, 3.63) is 76.5 Å². The first-order chi connectivity index (χ1) is 14.1. The second kappa shape index (κ2) is 8.07. The van der Waals surface area contributed by atoms with Crippen molar-refractivity contribution in [2.24, 2.45) is 0 Å². The van der Waals surface area contributed by atoms with E-state index in [1.165, 1.54) is 11.3 Å². The number of thiazole rings is 1. The minimum Gasteiger partial charge on any atom is -0.478 e. The van der Waals surface area contributed by atoms with Crippen LogP contribution in [0.3, 0.4) is 0 Å². The Bertz CT molecular complexity index is 1200. The number of aromatic amines is 1. The summed E-state index contributed by atoms with van der Waals surface area (Å²) in [6.07, 6.45) is 6.67. The number of H-pyrrole nitrogens is 1. The Morgan fingerprint density at radius 1 is 1.14 bits per heavy atom. The molecule has 1 aromatic carbocycles. The molecule has 0 unspecified atom stereocenters. The van der Waals surface area contributed by atoms with Gasteiger partial charge in [0.25, 0.3) is 0 Å². The van der Waals surface area contributed by atoms with Crippen molar-refractivity contribution in [2.75, 3.05) is 5.32 Å². The van der Waals surface area contributed by atoms with Crippen LogP contribution in [0.2, 0.25) is 0 Å². The van der Waals surface area contributed by atoms with Crippen molar-refractivity contribution >= 4 is 51.6 Å². The van der Waals surface area contributed by atoms with Crippen LogP contribution in [0.4, 0.5) is 5.69 Å². The molecule has 0 bridgehead atoms. The minimum atomic E-state index is -1.04. The van der Waals surface area contributed by atoms with Crippen LogP contribution in [0.25, 0.3) is 22.7 Å². The lowest BCUT2D eigenvalue weighted by atomic mass is 10.0. The molecule has 0 radical (unpaired) electrons. The van der Waals surface area contributed by atoms with E-state index in [1.807, 2.05) is 11.4 Å². The van der Waals surface area contributed by atoms with Gasteiger partial charge in [-0.2, -0.15) is 0 Å². The molecule has 0 atom stereocenters. The smallest absolute Gasteiger partial charge is 0.336 e. The summed E-state index contributed by atoms with van der Waals surface area (Å²) < 4.78 is 0. The Morgan fingerprint density at radius 2 is 1.97 bits per heavy atom. The number of pyridine rings is 1. The van der Waals surface area contributed by atoms with E-state index in [0.29, 0.717) is 27.8 Å². The Labute approximate surface area is 169 Å². The Kier molecular flexibility index (Phi) is 5.17. The third-order valence-electron chi connectivity index (χ3n) is 4.29. The Balaban J connectivity index is 1.72. The molecule has 4 rings (SSSR count). The van der Waals surface area contributed by atoms with Gasteiger partial charge >= 0.3 is 5.97 Å². The quantitative estimate of drug-likeness (QED) is 0.423. The number of nitrogens with one attached hydrogen (secondary N) is 2. The van der Waals surface area contributed by atoms with Gasteiger partial charge in [-0.15, -0.1) is 11.3 Å². The highest BCUT2D eigenvalue weighted by atomic mass is 32.1. The number of fused-ring (bicyclic) bond motifs is 1. The molecular weight excluding hydrogens is 388 g/mol. The molecule has 0 fully saturated rings. The molecule has 3 heterocycles. The third-order valence-corrected chi connectivity index (χ3v) is 5.07. The second-order valence-electron chi connectivity index (χ2n) is 6.21. The molecule has 0 spiro atoms. The number of benzene rings is 1. The maximum absolute atomic E-state index is 12.4. The lowest BCUT2D eigenvalue weighted by molar-refractivity contribution is -0.130. The maximum Gasteiger partial charge on any atom is 0.336 e. The number of carboxylic acid groups (broad SMARTS) is 1. The zero-order chi connectivity index (χ0) is 20.2. The van der Waals surface area contributed by atoms with Crippen LogP contribution in [0.5, 0.6) is 0 Å². The SMILES string of the molecule is O=C(Cc1nccs1)Nc1ccnc2[nH]cc(/C=C(\C(=O)O)c3ccccc3)c12. The van der Waals surface area contributed by atoms with E-state index >= 15 is 0 Å². The molecule has 29 heavy (non-hydrogen) atoms. The van der Waals surface area contributed by atoms with Crippen LogP contribution in [-0.4, -0.2) is 31.9 Å². The standard InChI is InChI=1S/C21H16N4O3S/c26-17(11-18-22-8-9-29-18)25-16-6-7-23-20-19(16)14(12-24-20)10-15(21(27)28)13-4-2-1-3-5-13/h1-10,12H,11H2,(H,27,28)(H2,23,24,25,26)/b15-10-. The number of carbonyl (C=O) groups is 2. The number of carboxylic acids is 1. The first-order valence-corrected chi connectivity index (χ1v) is 9.64. The molecule has 0 aliphatic heterocycles. The summed E-state index contributed by atoms with van der Waals surface area (Å²) in [6, 6.07) is 10.6. The lowest BCUT2D eigenvalue weighted by Gasteiger charge is -2.07. The van der Waals surface area contributed by atoms with Gasteiger partial charge in [-0.3, -0.25) is 4.79 Å². The summed E-state index contributed by atoms with van der Waals surface area (Å²) >= 11 is 1.41. The van der Waals surface area contributed by atoms with Gasteiger partial charge in [0, 0.05) is 34.9 Å². The van der Waals surface area contributed by atoms with E-state index in [0.717, 1.165) is 5.01 Å². The molecule has 4 aromatic rings. The largest absolute Gasteiger partial charge is 0.478 e. The molecule has 3 aromatic heterocycles. The molecule has 0 saturated heterocycles. The molecule has 0 aliphatic rings. The molecule has 0 saturated carbocycles. The predicted octanol–water partition coefficient (Wildman–Crippen LogP) is 3.83. The summed E-state index contributed by atoms with van der Waals surface area (Å²) in [5.74, 6) is -1.24. The van der Waals surface area contributed by atoms with Crippen LogP contribution < -0.4 is 5.32 Å². The highest BCUT2D eigenvalue weighted by Crippen LogP contribution is 2.29. The third kappa shape index (κ3) is 4.07. The van der Waals surface area contributed by atoms with Gasteiger partial charge in [0.15, 0.2) is 0 Å². The van der Waals surface area contributed by atoms with Crippen molar-refractivity contribution in [3.8, 4) is 0 Å². The number of rotatable bonds is 6. The van der Waals surface area contributed by atoms with E-state index in [9.17, 15) is 14.7 Å². The molecule has 0 aliphatic carbocycles. The van der Waals surface area contributed by atoms with Gasteiger partial charge in [-0.05, 0) is 17.7 Å². The average molecular weight is 404 g/mol. The summed E-state index contributed by atoms with van der Waals surface area (Å²) in [6.45, 7) is 0. The molecule has 7 nitrogen and oxygen atoms in total. The first kappa shape index (κ1) is 18.6. The number of aromatic nitrogens is 3. The summed E-state index contributed by atoms with van der Waals surface area (Å²) in [5.41, 5.74) is 2.48. The van der Waals surface area contributed by atoms with Gasteiger partial charge in [0.1, 0.15) is 10.7 Å². The highest BCUT2D eigenvalue weighted by molar-refractivity contribution is 7.09. The number of nitrogens with zero attached hydrogens (tertiary/aromatic N) is 2. The van der Waals surface area contributed by atoms with Crippen molar-refractivity contribution in [1.29, 1.82) is 0 Å². The minimum absolute atomic E-state index is 0.149. The van der Waals surface area contributed by atoms with E-state index in [1.54, 1.807) is 55.0 Å². The molecular formula is C21H16N4O3S. The van der Waals surface area contributed by atoms with Gasteiger partial charge in [0.2, 0.25) is 5.91 Å². The number of hydrogen-bond donors (Lipinski definition) is 3. The van der Waals surface area contributed by atoms with Crippen molar-refractivity contribution in [3.63, 3.8) is 0 Å². The number of aliphatic carboxylic acids is 1. The molecule has 3 N–H and O–H groups in total. The maximum atomic E-state index is 12.4. The zero-order valence-corrected chi connectivity index (χ0v) is 15.9. The fourth-order valence-electron chi connectivity index (χ4n) is 3.01. The molecule has 1 amide bonds. The van der Waals surface area contributed by atoms with Crippen LogP contribution in [-0.2, 0) is 16.0 Å². The van der Waals surface area contributed by atoms with E-state index < -0.39 is 5.97 Å². The van der Waals surface area contributed by atoms with Gasteiger partial charge in [0.05, 0.1) is 17.7 Å². The van der Waals surface area contributed by atoms with Gasteiger partial charge in [-0.1, -0.05) is 30.3 Å². The fourth-order valence-corrected chi connectivity index (χ4v) is 3.63. The molecule has 8 heteroatoms. The highest BCUT2D eigenvalue weighted by Gasteiger charge is 2.15. The Morgan fingerprint density at radius 3 is 2.69 bits per heavy atom. The normalized spacial score (nSPS) is 11.5. The van der Waals surface area contributed by atoms with Gasteiger partial charge in [-0.25, -0.2) is 14.8 Å². The topological polar surface area (TPSA) is 108 Å². The first-order valence-electron chi connectivity index (χ1n) is 8.76. The number of amides is 1. The van der Waals surface area contributed by atoms with E-state index in [2.05, 4.69) is 20.3 Å². The lowest BCUT2D eigenvalue weighted by Crippen LogP contribution is -2.14. The van der Waals surface area contributed by atoms with E-state index in [-0.39, 0.29) is 17.9 Å². The van der Waals surface area contributed by atoms with Crippen LogP contribution in [0.1, 0.15) is 16.1 Å². The van der Waals surface area contributed by atoms with Crippen molar-refractivity contribution < 1.29 is 14.7 Å². The summed E-state index contributed by atoms with van der Waals surface area (Å²) in [7, 11) is 0. The summed E-state index contributed by atoms with van der Waals surface area (Å²) in [5, 5.41) is 15.8. The number of hydrogen-bond acceptors (Lipinski definition) is 5. The molecule has 144 valence electrons. The zero-order valence-electron chi connectivity index (χ0n) is 15.1. The van der Waals surface area contributed by atoms with Crippen LogP contribution >= 0.6 is 11.3 Å². The van der Waals surface area contributed by atoms with E-state index in [4.69, 9.17) is 0 Å².